The van der Waals surface area contributed by atoms with Crippen LogP contribution in [-0.2, 0) is 6.54 Å². The van der Waals surface area contributed by atoms with Gasteiger partial charge in [0, 0.05) is 37.8 Å². The molecule has 1 saturated heterocycles. The molecule has 3 aromatic rings. The van der Waals surface area contributed by atoms with Crippen molar-refractivity contribution in [3.8, 4) is 0 Å². The van der Waals surface area contributed by atoms with Crippen LogP contribution in [0.2, 0.25) is 0 Å². The Kier molecular flexibility index (Phi) is 4.67. The first-order valence-corrected chi connectivity index (χ1v) is 9.08. The standard InChI is InChI=1S/C20H23N5O/c1-15-9-10-24(11-12-25(15)14-16-5-3-2-4-6-16)20(26)17-7-8-18-19(13-17)22-23-21-18/h2-8,13,15H,9-12,14H2,1H3,(H,21,22,23). The third-order valence-electron chi connectivity index (χ3n) is 5.18. The molecule has 1 fully saturated rings. The summed E-state index contributed by atoms with van der Waals surface area (Å²) in [5.41, 5.74) is 3.50. The highest BCUT2D eigenvalue weighted by molar-refractivity contribution is 5.97. The molecule has 0 radical (unpaired) electrons. The summed E-state index contributed by atoms with van der Waals surface area (Å²) in [5.74, 6) is 0.0728. The summed E-state index contributed by atoms with van der Waals surface area (Å²) in [6.45, 7) is 5.58. The number of H-pyrrole nitrogens is 1. The Labute approximate surface area is 152 Å². The molecule has 0 spiro atoms. The van der Waals surface area contributed by atoms with E-state index >= 15 is 0 Å². The lowest BCUT2D eigenvalue weighted by Crippen LogP contribution is -2.36. The van der Waals surface area contributed by atoms with Crippen molar-refractivity contribution in [2.24, 2.45) is 0 Å². The molecule has 4 rings (SSSR count). The second-order valence-corrected chi connectivity index (χ2v) is 6.91. The number of carbonyl (C=O) groups excluding carboxylic acids is 1. The molecule has 1 N–H and O–H groups in total. The van der Waals surface area contributed by atoms with Crippen molar-refractivity contribution in [2.45, 2.75) is 25.9 Å². The van der Waals surface area contributed by atoms with Crippen molar-refractivity contribution in [1.29, 1.82) is 0 Å². The highest BCUT2D eigenvalue weighted by Gasteiger charge is 2.24. The highest BCUT2D eigenvalue weighted by Crippen LogP contribution is 2.18. The van der Waals surface area contributed by atoms with Gasteiger partial charge in [0.15, 0.2) is 0 Å². The zero-order valence-electron chi connectivity index (χ0n) is 14.9. The van der Waals surface area contributed by atoms with Crippen LogP contribution in [0, 0.1) is 0 Å². The van der Waals surface area contributed by atoms with Gasteiger partial charge in [-0.1, -0.05) is 30.3 Å². The minimum absolute atomic E-state index is 0.0728. The van der Waals surface area contributed by atoms with E-state index in [4.69, 9.17) is 0 Å². The molecular weight excluding hydrogens is 326 g/mol. The lowest BCUT2D eigenvalue weighted by Gasteiger charge is -2.26. The fourth-order valence-electron chi connectivity index (χ4n) is 3.52. The van der Waals surface area contributed by atoms with Crippen LogP contribution < -0.4 is 0 Å². The molecule has 0 aliphatic carbocycles. The summed E-state index contributed by atoms with van der Waals surface area (Å²) < 4.78 is 0. The number of carbonyl (C=O) groups is 1. The van der Waals surface area contributed by atoms with Crippen molar-refractivity contribution in [2.75, 3.05) is 19.6 Å². The lowest BCUT2D eigenvalue weighted by molar-refractivity contribution is 0.0761. The summed E-state index contributed by atoms with van der Waals surface area (Å²) in [7, 11) is 0. The van der Waals surface area contributed by atoms with Crippen LogP contribution in [0.1, 0.15) is 29.3 Å². The predicted molar refractivity (Wildman–Crippen MR) is 101 cm³/mol. The molecule has 1 atom stereocenters. The summed E-state index contributed by atoms with van der Waals surface area (Å²) in [4.78, 5) is 17.4. The van der Waals surface area contributed by atoms with Crippen LogP contribution in [0.5, 0.6) is 0 Å². The molecule has 6 nitrogen and oxygen atoms in total. The van der Waals surface area contributed by atoms with Crippen molar-refractivity contribution < 1.29 is 4.79 Å². The molecule has 134 valence electrons. The van der Waals surface area contributed by atoms with Crippen LogP contribution in [-0.4, -0.2) is 56.8 Å². The Morgan fingerprint density at radius 3 is 2.73 bits per heavy atom. The van der Waals surface area contributed by atoms with Gasteiger partial charge in [-0.05, 0) is 37.1 Å². The maximum atomic E-state index is 12.9. The van der Waals surface area contributed by atoms with E-state index in [0.29, 0.717) is 11.6 Å². The van der Waals surface area contributed by atoms with Gasteiger partial charge in [0.2, 0.25) is 0 Å². The number of nitrogens with one attached hydrogen (secondary N) is 1. The number of amides is 1. The molecule has 2 aromatic carbocycles. The van der Waals surface area contributed by atoms with Gasteiger partial charge in [-0.2, -0.15) is 15.4 Å². The van der Waals surface area contributed by atoms with Gasteiger partial charge >= 0.3 is 0 Å². The minimum atomic E-state index is 0.0728. The molecule has 1 aliphatic rings. The number of fused-ring (bicyclic) bond motifs is 1. The molecule has 6 heteroatoms. The zero-order valence-corrected chi connectivity index (χ0v) is 14.9. The van der Waals surface area contributed by atoms with Crippen molar-refractivity contribution in [3.05, 3.63) is 59.7 Å². The van der Waals surface area contributed by atoms with Crippen molar-refractivity contribution in [3.63, 3.8) is 0 Å². The molecule has 1 aromatic heterocycles. The normalized spacial score (nSPS) is 18.8. The smallest absolute Gasteiger partial charge is 0.253 e. The highest BCUT2D eigenvalue weighted by atomic mass is 16.2. The quantitative estimate of drug-likeness (QED) is 0.790. The molecule has 2 heterocycles. The summed E-state index contributed by atoms with van der Waals surface area (Å²) in [6.07, 6.45) is 0.977. The Balaban J connectivity index is 1.46. The van der Waals surface area contributed by atoms with Crippen LogP contribution >= 0.6 is 0 Å². The maximum Gasteiger partial charge on any atom is 0.253 e. The molecule has 1 aliphatic heterocycles. The van der Waals surface area contributed by atoms with E-state index in [1.54, 1.807) is 0 Å². The first-order chi connectivity index (χ1) is 12.7. The van der Waals surface area contributed by atoms with E-state index in [-0.39, 0.29) is 5.91 Å². The number of nitrogens with zero attached hydrogens (tertiary/aromatic N) is 4. The van der Waals surface area contributed by atoms with Gasteiger partial charge in [-0.25, -0.2) is 0 Å². The molecular formula is C20H23N5O. The lowest BCUT2D eigenvalue weighted by atomic mass is 10.1. The van der Waals surface area contributed by atoms with Gasteiger partial charge < -0.3 is 4.90 Å². The number of benzene rings is 2. The molecule has 1 unspecified atom stereocenters. The van der Waals surface area contributed by atoms with Gasteiger partial charge in [-0.3, -0.25) is 9.69 Å². The summed E-state index contributed by atoms with van der Waals surface area (Å²) in [6, 6.07) is 16.5. The SMILES string of the molecule is CC1CCN(C(=O)c2ccc3n[nH]nc3c2)CCN1Cc1ccccc1. The predicted octanol–water partition coefficient (Wildman–Crippen LogP) is 2.69. The number of aromatic nitrogens is 3. The van der Waals surface area contributed by atoms with Gasteiger partial charge in [-0.15, -0.1) is 0 Å². The largest absolute Gasteiger partial charge is 0.337 e. The number of aromatic amines is 1. The zero-order chi connectivity index (χ0) is 17.9. The topological polar surface area (TPSA) is 65.1 Å². The fourth-order valence-corrected chi connectivity index (χ4v) is 3.52. The third-order valence-corrected chi connectivity index (χ3v) is 5.18. The second-order valence-electron chi connectivity index (χ2n) is 6.91. The average molecular weight is 349 g/mol. The fraction of sp³-hybridized carbons (Fsp3) is 0.350. The molecule has 26 heavy (non-hydrogen) atoms. The van der Waals surface area contributed by atoms with Crippen molar-refractivity contribution in [1.82, 2.24) is 25.2 Å². The van der Waals surface area contributed by atoms with E-state index in [0.717, 1.165) is 43.6 Å². The number of hydrogen-bond acceptors (Lipinski definition) is 4. The first kappa shape index (κ1) is 16.7. The third kappa shape index (κ3) is 3.46. The molecule has 1 amide bonds. The number of hydrogen-bond donors (Lipinski definition) is 1. The van der Waals surface area contributed by atoms with Gasteiger partial charge in [0.05, 0.1) is 0 Å². The molecule has 0 saturated carbocycles. The minimum Gasteiger partial charge on any atom is -0.337 e. The second kappa shape index (κ2) is 7.25. The van der Waals surface area contributed by atoms with E-state index in [9.17, 15) is 4.79 Å². The van der Waals surface area contributed by atoms with Gasteiger partial charge in [0.25, 0.3) is 5.91 Å². The average Bonchev–Trinajstić information content (AvgIpc) is 3.07. The van der Waals surface area contributed by atoms with E-state index in [2.05, 4.69) is 51.5 Å². The number of rotatable bonds is 3. The first-order valence-electron chi connectivity index (χ1n) is 9.08. The van der Waals surface area contributed by atoms with Gasteiger partial charge in [0.1, 0.15) is 11.0 Å². The van der Waals surface area contributed by atoms with Crippen molar-refractivity contribution >= 4 is 16.9 Å². The van der Waals surface area contributed by atoms with Crippen LogP contribution in [0.3, 0.4) is 0 Å². The monoisotopic (exact) mass is 349 g/mol. The Morgan fingerprint density at radius 2 is 1.88 bits per heavy atom. The van der Waals surface area contributed by atoms with E-state index in [1.165, 1.54) is 5.56 Å². The van der Waals surface area contributed by atoms with E-state index < -0.39 is 0 Å². The Bertz CT molecular complexity index is 891. The Hall–Kier alpha value is -2.73. The van der Waals surface area contributed by atoms with Crippen LogP contribution in [0.4, 0.5) is 0 Å². The molecule has 0 bridgehead atoms. The maximum absolute atomic E-state index is 12.9. The Morgan fingerprint density at radius 1 is 1.08 bits per heavy atom. The van der Waals surface area contributed by atoms with Crippen LogP contribution in [0.15, 0.2) is 48.5 Å². The summed E-state index contributed by atoms with van der Waals surface area (Å²) in [5, 5.41) is 10.7. The van der Waals surface area contributed by atoms with E-state index in [1.807, 2.05) is 29.2 Å². The summed E-state index contributed by atoms with van der Waals surface area (Å²) >= 11 is 0. The van der Waals surface area contributed by atoms with Crippen LogP contribution in [0.25, 0.3) is 11.0 Å².